The molecule has 35 heavy (non-hydrogen) atoms. The molecular weight excluding hydrogens is 507 g/mol. The molecule has 182 valence electrons. The Hall–Kier alpha value is -3.10. The number of amides is 1. The predicted molar refractivity (Wildman–Crippen MR) is 125 cm³/mol. The second-order valence-electron chi connectivity index (χ2n) is 7.96. The van der Waals surface area contributed by atoms with E-state index < -0.39 is 29.6 Å². The van der Waals surface area contributed by atoms with Gasteiger partial charge in [0.1, 0.15) is 5.82 Å². The molecule has 1 heterocycles. The van der Waals surface area contributed by atoms with Crippen molar-refractivity contribution in [1.29, 1.82) is 0 Å². The van der Waals surface area contributed by atoms with Gasteiger partial charge < -0.3 is 9.74 Å². The van der Waals surface area contributed by atoms with Crippen molar-refractivity contribution in [3.8, 4) is 0 Å². The van der Waals surface area contributed by atoms with Gasteiger partial charge in [-0.1, -0.05) is 58.7 Å². The Morgan fingerprint density at radius 2 is 1.74 bits per heavy atom. The van der Waals surface area contributed by atoms with E-state index in [4.69, 9.17) is 28.0 Å². The van der Waals surface area contributed by atoms with E-state index in [1.54, 1.807) is 18.2 Å². The number of hydrogen-bond donors (Lipinski definition) is 0. The fourth-order valence-electron chi connectivity index (χ4n) is 3.66. The average molecular weight is 525 g/mol. The Kier molecular flexibility index (Phi) is 7.33. The summed E-state index contributed by atoms with van der Waals surface area (Å²) in [6.45, 7) is -0.0181. The Labute approximate surface area is 208 Å². The highest BCUT2D eigenvalue weighted by Gasteiger charge is 2.31. The quantitative estimate of drug-likeness (QED) is 0.326. The number of alkyl halides is 3. The van der Waals surface area contributed by atoms with Gasteiger partial charge >= 0.3 is 6.18 Å². The molecule has 0 N–H and O–H groups in total. The maximum atomic E-state index is 14.3. The number of halogens is 6. The molecule has 1 aliphatic heterocycles. The number of oxime groups is 1. The van der Waals surface area contributed by atoms with Gasteiger partial charge in [0, 0.05) is 18.5 Å². The Morgan fingerprint density at radius 3 is 2.40 bits per heavy atom. The van der Waals surface area contributed by atoms with Gasteiger partial charge in [0.2, 0.25) is 0 Å². The predicted octanol–water partition coefficient (Wildman–Crippen LogP) is 6.99. The van der Waals surface area contributed by atoms with E-state index in [1.165, 1.54) is 41.3 Å². The molecule has 10 heteroatoms. The summed E-state index contributed by atoms with van der Waals surface area (Å²) in [4.78, 5) is 20.0. The van der Waals surface area contributed by atoms with E-state index in [-0.39, 0.29) is 18.7 Å². The third-order valence-electron chi connectivity index (χ3n) is 5.46. The zero-order valence-corrected chi connectivity index (χ0v) is 19.5. The largest absolute Gasteiger partial charge is 0.416 e. The molecule has 0 aliphatic carbocycles. The van der Waals surface area contributed by atoms with Gasteiger partial charge in [0.25, 0.3) is 5.91 Å². The zero-order valence-electron chi connectivity index (χ0n) is 18.0. The second-order valence-corrected chi connectivity index (χ2v) is 8.77. The van der Waals surface area contributed by atoms with Crippen molar-refractivity contribution in [2.24, 2.45) is 5.16 Å². The molecule has 4 nitrogen and oxygen atoms in total. The third-order valence-corrected chi connectivity index (χ3v) is 6.20. The van der Waals surface area contributed by atoms with Crippen LogP contribution in [0.1, 0.15) is 33.5 Å². The van der Waals surface area contributed by atoms with Crippen LogP contribution in [0.5, 0.6) is 0 Å². The first kappa shape index (κ1) is 25.0. The lowest BCUT2D eigenvalue weighted by Gasteiger charge is -2.25. The first-order valence-corrected chi connectivity index (χ1v) is 11.3. The highest BCUT2D eigenvalue weighted by atomic mass is 35.5. The summed E-state index contributed by atoms with van der Waals surface area (Å²) in [6.07, 6.45) is -4.69. The summed E-state index contributed by atoms with van der Waals surface area (Å²) in [7, 11) is 0. The van der Waals surface area contributed by atoms with Crippen LogP contribution in [0, 0.1) is 5.82 Å². The van der Waals surface area contributed by atoms with Crippen LogP contribution in [-0.2, 0) is 17.6 Å². The van der Waals surface area contributed by atoms with E-state index in [1.807, 2.05) is 0 Å². The summed E-state index contributed by atoms with van der Waals surface area (Å²) in [5.41, 5.74) is 0.805. The van der Waals surface area contributed by atoms with Gasteiger partial charge in [-0.15, -0.1) is 0 Å². The van der Waals surface area contributed by atoms with Crippen LogP contribution in [0.3, 0.4) is 0 Å². The maximum Gasteiger partial charge on any atom is 0.416 e. The molecule has 0 spiro atoms. The highest BCUT2D eigenvalue weighted by Crippen LogP contribution is 2.30. The molecule has 0 unspecified atom stereocenters. The second kappa shape index (κ2) is 10.3. The molecule has 0 radical (unpaired) electrons. The summed E-state index contributed by atoms with van der Waals surface area (Å²) in [5, 5.41) is 4.83. The molecule has 0 aromatic heterocycles. The number of hydrogen-bond acceptors (Lipinski definition) is 3. The minimum atomic E-state index is -4.48. The Balaban J connectivity index is 1.53. The monoisotopic (exact) mass is 524 g/mol. The van der Waals surface area contributed by atoms with Crippen LogP contribution in [0.25, 0.3) is 0 Å². The van der Waals surface area contributed by atoms with Crippen molar-refractivity contribution in [3.63, 3.8) is 0 Å². The SMILES string of the molecule is O=C(c1ccccc1F)N(Cc1ccc(C(F)(F)F)cc1)C[C@H]1CC(c2ccc(Cl)c(Cl)c2)=NO1. The molecule has 3 aromatic carbocycles. The molecule has 1 aliphatic rings. The summed E-state index contributed by atoms with van der Waals surface area (Å²) < 4.78 is 53.1. The smallest absolute Gasteiger partial charge is 0.390 e. The molecule has 0 saturated heterocycles. The number of rotatable bonds is 6. The minimum Gasteiger partial charge on any atom is -0.390 e. The van der Waals surface area contributed by atoms with E-state index in [0.29, 0.717) is 33.3 Å². The van der Waals surface area contributed by atoms with E-state index in [0.717, 1.165) is 12.1 Å². The van der Waals surface area contributed by atoms with Crippen LogP contribution in [0.4, 0.5) is 17.6 Å². The lowest BCUT2D eigenvalue weighted by molar-refractivity contribution is -0.137. The fourth-order valence-corrected chi connectivity index (χ4v) is 3.96. The zero-order chi connectivity index (χ0) is 25.2. The number of nitrogens with zero attached hydrogens (tertiary/aromatic N) is 2. The van der Waals surface area contributed by atoms with E-state index in [9.17, 15) is 22.4 Å². The van der Waals surface area contributed by atoms with Crippen LogP contribution < -0.4 is 0 Å². The summed E-state index contributed by atoms with van der Waals surface area (Å²) in [6, 6.07) is 15.0. The van der Waals surface area contributed by atoms with Crippen LogP contribution in [0.15, 0.2) is 71.9 Å². The average Bonchev–Trinajstić information content (AvgIpc) is 3.29. The first-order chi connectivity index (χ1) is 16.6. The molecule has 0 saturated carbocycles. The normalized spacial score (nSPS) is 15.5. The van der Waals surface area contributed by atoms with Crippen molar-refractivity contribution in [3.05, 3.63) is 105 Å². The minimum absolute atomic E-state index is 0.0303. The lowest BCUT2D eigenvalue weighted by Crippen LogP contribution is -2.37. The van der Waals surface area contributed by atoms with Crippen molar-refractivity contribution < 1.29 is 27.2 Å². The maximum absolute atomic E-state index is 14.3. The van der Waals surface area contributed by atoms with Crippen molar-refractivity contribution in [2.45, 2.75) is 25.2 Å². The van der Waals surface area contributed by atoms with E-state index >= 15 is 0 Å². The highest BCUT2D eigenvalue weighted by molar-refractivity contribution is 6.42. The topological polar surface area (TPSA) is 41.9 Å². The third kappa shape index (κ3) is 5.94. The van der Waals surface area contributed by atoms with Crippen LogP contribution in [0.2, 0.25) is 10.0 Å². The van der Waals surface area contributed by atoms with Gasteiger partial charge in [-0.2, -0.15) is 13.2 Å². The lowest BCUT2D eigenvalue weighted by atomic mass is 10.0. The van der Waals surface area contributed by atoms with Gasteiger partial charge in [-0.3, -0.25) is 4.79 Å². The van der Waals surface area contributed by atoms with Gasteiger partial charge in [0.05, 0.1) is 33.4 Å². The van der Waals surface area contributed by atoms with Crippen molar-refractivity contribution in [2.75, 3.05) is 6.54 Å². The van der Waals surface area contributed by atoms with Crippen molar-refractivity contribution in [1.82, 2.24) is 4.90 Å². The summed E-state index contributed by atoms with van der Waals surface area (Å²) >= 11 is 12.0. The molecule has 4 rings (SSSR count). The fraction of sp³-hybridized carbons (Fsp3) is 0.200. The molecule has 0 bridgehead atoms. The molecular formula is C25H18Cl2F4N2O2. The van der Waals surface area contributed by atoms with Gasteiger partial charge in [0.15, 0.2) is 6.10 Å². The van der Waals surface area contributed by atoms with Crippen molar-refractivity contribution >= 4 is 34.8 Å². The van der Waals surface area contributed by atoms with E-state index in [2.05, 4.69) is 5.16 Å². The first-order valence-electron chi connectivity index (χ1n) is 10.5. The van der Waals surface area contributed by atoms with Gasteiger partial charge in [-0.05, 0) is 42.0 Å². The van der Waals surface area contributed by atoms with Gasteiger partial charge in [-0.25, -0.2) is 4.39 Å². The summed E-state index contributed by atoms with van der Waals surface area (Å²) in [5.74, 6) is -1.32. The molecule has 1 atom stereocenters. The number of benzene rings is 3. The Morgan fingerprint density at radius 1 is 1.03 bits per heavy atom. The number of carbonyl (C=O) groups excluding carboxylic acids is 1. The number of carbonyl (C=O) groups is 1. The van der Waals surface area contributed by atoms with Crippen LogP contribution in [-0.4, -0.2) is 29.2 Å². The molecule has 0 fully saturated rings. The molecule has 3 aromatic rings. The standard InChI is InChI=1S/C25H18Cl2F4N2O2/c26-20-10-7-16(11-21(20)27)23-12-18(35-32-23)14-33(24(34)19-3-1-2-4-22(19)28)13-15-5-8-17(9-6-15)25(29,30)31/h1-11,18H,12-14H2/t18-/m1/s1. The Bertz CT molecular complexity index is 1260. The molecule has 1 amide bonds. The van der Waals surface area contributed by atoms with Crippen LogP contribution >= 0.6 is 23.2 Å².